The van der Waals surface area contributed by atoms with E-state index in [1.165, 1.54) is 0 Å². The number of ether oxygens (including phenoxy) is 1. The summed E-state index contributed by atoms with van der Waals surface area (Å²) in [5.74, 6) is -0.957. The standard InChI is InChI=1S/C14H26N2O4/c1-11(10-16-4-6-20-7-5-16)15-12(17)8-14(2,3)9-13(18)19/h11H,4-10H2,1-3H3,(H,15,17)(H,18,19). The number of nitrogens with zero attached hydrogens (tertiary/aromatic N) is 1. The first kappa shape index (κ1) is 16.9. The van der Waals surface area contributed by atoms with Gasteiger partial charge in [0.15, 0.2) is 0 Å². The first-order valence-electron chi connectivity index (χ1n) is 7.10. The van der Waals surface area contributed by atoms with E-state index in [-0.39, 0.29) is 24.8 Å². The van der Waals surface area contributed by atoms with Gasteiger partial charge in [0.05, 0.1) is 19.6 Å². The van der Waals surface area contributed by atoms with E-state index >= 15 is 0 Å². The predicted molar refractivity (Wildman–Crippen MR) is 75.5 cm³/mol. The lowest BCUT2D eigenvalue weighted by Gasteiger charge is -2.30. The van der Waals surface area contributed by atoms with Gasteiger partial charge in [0.1, 0.15) is 0 Å². The van der Waals surface area contributed by atoms with E-state index in [2.05, 4.69) is 10.2 Å². The van der Waals surface area contributed by atoms with Crippen molar-refractivity contribution < 1.29 is 19.4 Å². The fourth-order valence-electron chi connectivity index (χ4n) is 2.45. The minimum Gasteiger partial charge on any atom is -0.481 e. The molecule has 6 nitrogen and oxygen atoms in total. The minimum atomic E-state index is -0.871. The van der Waals surface area contributed by atoms with Gasteiger partial charge >= 0.3 is 5.97 Å². The number of nitrogens with one attached hydrogen (secondary N) is 1. The lowest BCUT2D eigenvalue weighted by Crippen LogP contribution is -2.46. The van der Waals surface area contributed by atoms with E-state index in [1.54, 1.807) is 13.8 Å². The molecule has 0 spiro atoms. The molecule has 1 saturated heterocycles. The molecule has 1 rings (SSSR count). The Balaban J connectivity index is 2.31. The summed E-state index contributed by atoms with van der Waals surface area (Å²) in [5.41, 5.74) is -0.519. The lowest BCUT2D eigenvalue weighted by molar-refractivity contribution is -0.139. The second kappa shape index (κ2) is 7.59. The van der Waals surface area contributed by atoms with Gasteiger partial charge in [-0.25, -0.2) is 0 Å². The van der Waals surface area contributed by atoms with Crippen molar-refractivity contribution in [3.8, 4) is 0 Å². The highest BCUT2D eigenvalue weighted by Crippen LogP contribution is 2.24. The van der Waals surface area contributed by atoms with Crippen LogP contribution in [0.2, 0.25) is 0 Å². The third kappa shape index (κ3) is 6.86. The Morgan fingerprint density at radius 1 is 1.30 bits per heavy atom. The maximum absolute atomic E-state index is 11.9. The minimum absolute atomic E-state index is 0.00172. The number of rotatable bonds is 7. The molecule has 1 heterocycles. The van der Waals surface area contributed by atoms with Gasteiger partial charge < -0.3 is 15.2 Å². The van der Waals surface area contributed by atoms with Crippen LogP contribution in [0.25, 0.3) is 0 Å². The number of carboxylic acid groups (broad SMARTS) is 1. The quantitative estimate of drug-likeness (QED) is 0.721. The van der Waals surface area contributed by atoms with Gasteiger partial charge in [0, 0.05) is 32.1 Å². The molecule has 20 heavy (non-hydrogen) atoms. The number of hydrogen-bond donors (Lipinski definition) is 2. The molecule has 116 valence electrons. The van der Waals surface area contributed by atoms with Crippen LogP contribution in [-0.2, 0) is 14.3 Å². The molecule has 0 aliphatic carbocycles. The van der Waals surface area contributed by atoms with Crippen LogP contribution in [0, 0.1) is 5.41 Å². The van der Waals surface area contributed by atoms with Crippen LogP contribution in [0.1, 0.15) is 33.6 Å². The molecular weight excluding hydrogens is 260 g/mol. The van der Waals surface area contributed by atoms with Crippen molar-refractivity contribution in [3.63, 3.8) is 0 Å². The van der Waals surface area contributed by atoms with Crippen LogP contribution in [0.3, 0.4) is 0 Å². The molecule has 1 amide bonds. The summed E-state index contributed by atoms with van der Waals surface area (Å²) in [4.78, 5) is 24.9. The summed E-state index contributed by atoms with van der Waals surface area (Å²) >= 11 is 0. The van der Waals surface area contributed by atoms with Crippen molar-refractivity contribution >= 4 is 11.9 Å². The predicted octanol–water partition coefficient (Wildman–Crippen LogP) is 0.714. The maximum atomic E-state index is 11.9. The second-order valence-electron chi connectivity index (χ2n) is 6.29. The summed E-state index contributed by atoms with van der Waals surface area (Å²) in [6.45, 7) is 9.64. The Kier molecular flexibility index (Phi) is 6.42. The monoisotopic (exact) mass is 286 g/mol. The zero-order valence-electron chi connectivity index (χ0n) is 12.6. The number of hydrogen-bond acceptors (Lipinski definition) is 4. The number of amides is 1. The summed E-state index contributed by atoms with van der Waals surface area (Å²) in [6, 6.07) is 0.0567. The van der Waals surface area contributed by atoms with Gasteiger partial charge in [-0.1, -0.05) is 13.8 Å². The highest BCUT2D eigenvalue weighted by molar-refractivity contribution is 5.78. The molecule has 0 bridgehead atoms. The Bertz CT molecular complexity index is 338. The molecule has 1 aliphatic heterocycles. The number of aliphatic carboxylic acids is 1. The normalized spacial score (nSPS) is 18.6. The molecule has 0 saturated carbocycles. The molecule has 0 aromatic heterocycles. The Morgan fingerprint density at radius 3 is 2.45 bits per heavy atom. The lowest BCUT2D eigenvalue weighted by atomic mass is 9.85. The van der Waals surface area contributed by atoms with Gasteiger partial charge in [-0.15, -0.1) is 0 Å². The fourth-order valence-corrected chi connectivity index (χ4v) is 2.45. The van der Waals surface area contributed by atoms with Crippen molar-refractivity contribution in [2.45, 2.75) is 39.7 Å². The summed E-state index contributed by atoms with van der Waals surface area (Å²) in [6.07, 6.45) is 0.227. The van der Waals surface area contributed by atoms with E-state index in [4.69, 9.17) is 9.84 Å². The van der Waals surface area contributed by atoms with Crippen LogP contribution in [0.15, 0.2) is 0 Å². The summed E-state index contributed by atoms with van der Waals surface area (Å²) < 4.78 is 5.28. The van der Waals surface area contributed by atoms with Crippen molar-refractivity contribution in [2.24, 2.45) is 5.41 Å². The van der Waals surface area contributed by atoms with Crippen LogP contribution in [-0.4, -0.2) is 60.8 Å². The topological polar surface area (TPSA) is 78.9 Å². The van der Waals surface area contributed by atoms with Crippen LogP contribution in [0.5, 0.6) is 0 Å². The Morgan fingerprint density at radius 2 is 1.90 bits per heavy atom. The first-order chi connectivity index (χ1) is 9.28. The second-order valence-corrected chi connectivity index (χ2v) is 6.29. The van der Waals surface area contributed by atoms with Gasteiger partial charge in [0.25, 0.3) is 0 Å². The van der Waals surface area contributed by atoms with Gasteiger partial charge in [0.2, 0.25) is 5.91 Å². The van der Waals surface area contributed by atoms with E-state index < -0.39 is 11.4 Å². The molecule has 2 N–H and O–H groups in total. The van der Waals surface area contributed by atoms with Crippen molar-refractivity contribution in [1.29, 1.82) is 0 Å². The number of carbonyl (C=O) groups excluding carboxylic acids is 1. The highest BCUT2D eigenvalue weighted by Gasteiger charge is 2.26. The third-order valence-corrected chi connectivity index (χ3v) is 3.31. The van der Waals surface area contributed by atoms with Crippen molar-refractivity contribution in [3.05, 3.63) is 0 Å². The number of carboxylic acids is 1. The van der Waals surface area contributed by atoms with E-state index in [0.29, 0.717) is 0 Å². The zero-order chi connectivity index (χ0) is 15.2. The summed E-state index contributed by atoms with van der Waals surface area (Å²) in [5, 5.41) is 11.8. The smallest absolute Gasteiger partial charge is 0.303 e. The molecule has 0 aromatic carbocycles. The Labute approximate surface area is 120 Å². The third-order valence-electron chi connectivity index (χ3n) is 3.31. The molecule has 1 aliphatic rings. The van der Waals surface area contributed by atoms with E-state index in [1.807, 2.05) is 6.92 Å². The van der Waals surface area contributed by atoms with Crippen LogP contribution < -0.4 is 5.32 Å². The van der Waals surface area contributed by atoms with Crippen molar-refractivity contribution in [1.82, 2.24) is 10.2 Å². The maximum Gasteiger partial charge on any atom is 0.303 e. The molecule has 1 unspecified atom stereocenters. The first-order valence-corrected chi connectivity index (χ1v) is 7.10. The molecule has 6 heteroatoms. The largest absolute Gasteiger partial charge is 0.481 e. The van der Waals surface area contributed by atoms with E-state index in [9.17, 15) is 9.59 Å². The molecule has 1 fully saturated rings. The average molecular weight is 286 g/mol. The molecule has 0 radical (unpaired) electrons. The molecule has 0 aromatic rings. The van der Waals surface area contributed by atoms with Crippen molar-refractivity contribution in [2.75, 3.05) is 32.8 Å². The van der Waals surface area contributed by atoms with Gasteiger partial charge in [-0.3, -0.25) is 14.5 Å². The van der Waals surface area contributed by atoms with E-state index in [0.717, 1.165) is 32.8 Å². The number of morpholine rings is 1. The van der Waals surface area contributed by atoms with Gasteiger partial charge in [-0.05, 0) is 12.3 Å². The average Bonchev–Trinajstić information content (AvgIpc) is 2.26. The Hall–Kier alpha value is -1.14. The molecular formula is C14H26N2O4. The SMILES string of the molecule is CC(CN1CCOCC1)NC(=O)CC(C)(C)CC(=O)O. The number of carbonyl (C=O) groups is 2. The zero-order valence-corrected chi connectivity index (χ0v) is 12.6. The fraction of sp³-hybridized carbons (Fsp3) is 0.857. The van der Waals surface area contributed by atoms with Gasteiger partial charge in [-0.2, -0.15) is 0 Å². The van der Waals surface area contributed by atoms with Crippen LogP contribution in [0.4, 0.5) is 0 Å². The molecule has 1 atom stereocenters. The highest BCUT2D eigenvalue weighted by atomic mass is 16.5. The summed E-state index contributed by atoms with van der Waals surface area (Å²) in [7, 11) is 0. The van der Waals surface area contributed by atoms with Crippen LogP contribution >= 0.6 is 0 Å².